The van der Waals surface area contributed by atoms with E-state index in [4.69, 9.17) is 14.0 Å². The number of nitrogens with zero attached hydrogens (tertiary/aromatic N) is 2. The van der Waals surface area contributed by atoms with Crippen LogP contribution in [0.1, 0.15) is 53.1 Å². The number of aromatic nitrogens is 1. The van der Waals surface area contributed by atoms with Crippen LogP contribution in [0.3, 0.4) is 0 Å². The Labute approximate surface area is 164 Å². The van der Waals surface area contributed by atoms with Gasteiger partial charge in [0.25, 0.3) is 5.91 Å². The first kappa shape index (κ1) is 17.6. The highest BCUT2D eigenvalue weighted by Crippen LogP contribution is 2.38. The highest BCUT2D eigenvalue weighted by molar-refractivity contribution is 5.96. The summed E-state index contributed by atoms with van der Waals surface area (Å²) in [6.07, 6.45) is 4.34. The molecule has 0 saturated carbocycles. The molecule has 0 radical (unpaired) electrons. The number of nitrogens with one attached hydrogen (secondary N) is 1. The van der Waals surface area contributed by atoms with Gasteiger partial charge in [-0.25, -0.2) is 0 Å². The van der Waals surface area contributed by atoms with Crippen LogP contribution >= 0.6 is 0 Å². The Hall–Kier alpha value is -2.54. The molecule has 7 heteroatoms. The third-order valence-corrected chi connectivity index (χ3v) is 6.28. The Balaban J connectivity index is 1.24. The summed E-state index contributed by atoms with van der Waals surface area (Å²) in [6, 6.07) is 7.41. The summed E-state index contributed by atoms with van der Waals surface area (Å²) < 4.78 is 16.1. The van der Waals surface area contributed by atoms with Crippen LogP contribution in [0.25, 0.3) is 0 Å². The molecule has 2 unspecified atom stereocenters. The summed E-state index contributed by atoms with van der Waals surface area (Å²) in [5.74, 6) is 2.18. The number of carbonyl (C=O) groups is 1. The van der Waals surface area contributed by atoms with Crippen molar-refractivity contribution in [2.75, 3.05) is 6.79 Å². The Morgan fingerprint density at radius 1 is 1.18 bits per heavy atom. The van der Waals surface area contributed by atoms with E-state index in [2.05, 4.69) is 27.5 Å². The summed E-state index contributed by atoms with van der Waals surface area (Å²) in [6.45, 7) is 4.81. The molecule has 2 saturated heterocycles. The number of hydrogen-bond acceptors (Lipinski definition) is 6. The van der Waals surface area contributed by atoms with Gasteiger partial charge in [0.05, 0.1) is 5.69 Å². The Bertz CT molecular complexity index is 876. The molecular formula is C21H25N3O4. The van der Waals surface area contributed by atoms with E-state index < -0.39 is 0 Å². The molecule has 2 aromatic rings. The minimum absolute atomic E-state index is 0.0649. The van der Waals surface area contributed by atoms with Crippen molar-refractivity contribution >= 4 is 5.91 Å². The van der Waals surface area contributed by atoms with Gasteiger partial charge in [-0.2, -0.15) is 0 Å². The quantitative estimate of drug-likeness (QED) is 0.875. The van der Waals surface area contributed by atoms with Crippen molar-refractivity contribution in [1.29, 1.82) is 0 Å². The molecule has 3 aliphatic rings. The molecule has 0 aliphatic carbocycles. The van der Waals surface area contributed by atoms with Gasteiger partial charge in [-0.15, -0.1) is 0 Å². The molecule has 1 aromatic carbocycles. The molecular weight excluding hydrogens is 358 g/mol. The molecule has 1 aromatic heterocycles. The third kappa shape index (κ3) is 3.03. The SMILES string of the molecule is Cc1noc(C)c1C(=O)NC1CC2CCC(C1)N2Cc1ccc2c(c1)OCO2. The minimum atomic E-state index is -0.0649. The average molecular weight is 383 g/mol. The van der Waals surface area contributed by atoms with Crippen molar-refractivity contribution in [3.05, 3.63) is 40.8 Å². The molecule has 5 rings (SSSR count). The zero-order valence-corrected chi connectivity index (χ0v) is 16.2. The number of benzene rings is 1. The van der Waals surface area contributed by atoms with E-state index in [1.54, 1.807) is 6.92 Å². The molecule has 2 fully saturated rings. The van der Waals surface area contributed by atoms with Crippen LogP contribution in [0.2, 0.25) is 0 Å². The third-order valence-electron chi connectivity index (χ3n) is 6.28. The Morgan fingerprint density at radius 2 is 1.93 bits per heavy atom. The van der Waals surface area contributed by atoms with Crippen LogP contribution in [0.15, 0.2) is 22.7 Å². The van der Waals surface area contributed by atoms with Gasteiger partial charge in [0.15, 0.2) is 11.5 Å². The zero-order chi connectivity index (χ0) is 19.3. The second-order valence-electron chi connectivity index (χ2n) is 8.09. The number of ether oxygens (including phenoxy) is 2. The van der Waals surface area contributed by atoms with E-state index in [9.17, 15) is 4.79 Å². The van der Waals surface area contributed by atoms with Crippen molar-refractivity contribution in [2.24, 2.45) is 0 Å². The summed E-state index contributed by atoms with van der Waals surface area (Å²) in [5.41, 5.74) is 2.48. The number of fused-ring (bicyclic) bond motifs is 3. The highest BCUT2D eigenvalue weighted by atomic mass is 16.7. The lowest BCUT2D eigenvalue weighted by Crippen LogP contribution is -2.50. The van der Waals surface area contributed by atoms with Crippen molar-refractivity contribution in [1.82, 2.24) is 15.4 Å². The number of rotatable bonds is 4. The molecule has 0 spiro atoms. The predicted octanol–water partition coefficient (Wildman–Crippen LogP) is 2.95. The van der Waals surface area contributed by atoms with E-state index in [1.807, 2.05) is 13.0 Å². The van der Waals surface area contributed by atoms with E-state index >= 15 is 0 Å². The molecule has 7 nitrogen and oxygen atoms in total. The maximum atomic E-state index is 12.7. The Kier molecular flexibility index (Phi) is 4.27. The molecule has 2 atom stereocenters. The summed E-state index contributed by atoms with van der Waals surface area (Å²) in [4.78, 5) is 15.3. The van der Waals surface area contributed by atoms with Crippen LogP contribution in [-0.2, 0) is 6.54 Å². The van der Waals surface area contributed by atoms with E-state index in [-0.39, 0.29) is 11.9 Å². The number of amides is 1. The van der Waals surface area contributed by atoms with Gasteiger partial charge in [-0.05, 0) is 57.2 Å². The predicted molar refractivity (Wildman–Crippen MR) is 101 cm³/mol. The lowest BCUT2D eigenvalue weighted by Gasteiger charge is -2.39. The second-order valence-corrected chi connectivity index (χ2v) is 8.09. The fourth-order valence-electron chi connectivity index (χ4n) is 4.97. The summed E-state index contributed by atoms with van der Waals surface area (Å²) >= 11 is 0. The molecule has 3 aliphatic heterocycles. The lowest BCUT2D eigenvalue weighted by molar-refractivity contribution is 0.0826. The van der Waals surface area contributed by atoms with Crippen LogP contribution in [0.4, 0.5) is 0 Å². The van der Waals surface area contributed by atoms with E-state index in [0.717, 1.165) is 30.9 Å². The van der Waals surface area contributed by atoms with Crippen molar-refractivity contribution in [3.8, 4) is 11.5 Å². The fraction of sp³-hybridized carbons (Fsp3) is 0.524. The molecule has 2 bridgehead atoms. The van der Waals surface area contributed by atoms with Crippen molar-refractivity contribution in [2.45, 2.75) is 64.2 Å². The molecule has 4 heterocycles. The Morgan fingerprint density at radius 3 is 2.64 bits per heavy atom. The van der Waals surface area contributed by atoms with Crippen LogP contribution in [-0.4, -0.2) is 40.9 Å². The van der Waals surface area contributed by atoms with Crippen LogP contribution < -0.4 is 14.8 Å². The van der Waals surface area contributed by atoms with Crippen molar-refractivity contribution in [3.63, 3.8) is 0 Å². The summed E-state index contributed by atoms with van der Waals surface area (Å²) in [7, 11) is 0. The molecule has 1 amide bonds. The van der Waals surface area contributed by atoms with Crippen LogP contribution in [0, 0.1) is 13.8 Å². The highest BCUT2D eigenvalue weighted by Gasteiger charge is 2.41. The number of hydrogen-bond donors (Lipinski definition) is 1. The zero-order valence-electron chi connectivity index (χ0n) is 16.2. The topological polar surface area (TPSA) is 76.8 Å². The fourth-order valence-corrected chi connectivity index (χ4v) is 4.97. The van der Waals surface area contributed by atoms with Gasteiger partial charge < -0.3 is 19.3 Å². The van der Waals surface area contributed by atoms with Gasteiger partial charge in [0, 0.05) is 24.7 Å². The van der Waals surface area contributed by atoms with Gasteiger partial charge in [0.1, 0.15) is 11.3 Å². The van der Waals surface area contributed by atoms with Gasteiger partial charge >= 0.3 is 0 Å². The van der Waals surface area contributed by atoms with E-state index in [1.165, 1.54) is 18.4 Å². The standard InChI is InChI=1S/C21H25N3O4/c1-12-20(13(2)28-23-12)21(25)22-15-8-16-4-5-17(9-15)24(16)10-14-3-6-18-19(7-14)27-11-26-18/h3,6-7,15-17H,4-5,8-11H2,1-2H3,(H,22,25). The monoisotopic (exact) mass is 383 g/mol. The van der Waals surface area contributed by atoms with Gasteiger partial charge in [0.2, 0.25) is 6.79 Å². The second kappa shape index (κ2) is 6.81. The number of piperidine rings is 1. The first-order valence-electron chi connectivity index (χ1n) is 9.96. The smallest absolute Gasteiger partial charge is 0.257 e. The van der Waals surface area contributed by atoms with Crippen molar-refractivity contribution < 1.29 is 18.8 Å². The normalized spacial score (nSPS) is 25.9. The van der Waals surface area contributed by atoms with E-state index in [0.29, 0.717) is 35.9 Å². The summed E-state index contributed by atoms with van der Waals surface area (Å²) in [5, 5.41) is 7.11. The molecule has 148 valence electrons. The first-order chi connectivity index (χ1) is 13.6. The maximum absolute atomic E-state index is 12.7. The maximum Gasteiger partial charge on any atom is 0.257 e. The average Bonchev–Trinajstić information content (AvgIpc) is 3.32. The molecule has 1 N–H and O–H groups in total. The van der Waals surface area contributed by atoms with Gasteiger partial charge in [-0.3, -0.25) is 9.69 Å². The molecule has 28 heavy (non-hydrogen) atoms. The number of aryl methyl sites for hydroxylation is 2. The van der Waals surface area contributed by atoms with Crippen LogP contribution in [0.5, 0.6) is 11.5 Å². The lowest BCUT2D eigenvalue weighted by atomic mass is 9.96. The first-order valence-corrected chi connectivity index (χ1v) is 9.96. The minimum Gasteiger partial charge on any atom is -0.454 e. The van der Waals surface area contributed by atoms with Gasteiger partial charge in [-0.1, -0.05) is 11.2 Å². The number of carbonyl (C=O) groups excluding carboxylic acids is 1. The largest absolute Gasteiger partial charge is 0.454 e.